The number of aryl methyl sites for hydroxylation is 2. The summed E-state index contributed by atoms with van der Waals surface area (Å²) in [5.41, 5.74) is 1.25. The number of halogens is 3. The molecule has 0 spiro atoms. The van der Waals surface area contributed by atoms with Gasteiger partial charge in [0.05, 0.1) is 39.8 Å². The van der Waals surface area contributed by atoms with Crippen molar-refractivity contribution in [2.75, 3.05) is 10.3 Å². The summed E-state index contributed by atoms with van der Waals surface area (Å²) in [6.45, 7) is 3.37. The third-order valence-electron chi connectivity index (χ3n) is 6.20. The van der Waals surface area contributed by atoms with Crippen molar-refractivity contribution < 1.29 is 22.7 Å². The molecule has 42 heavy (non-hydrogen) atoms. The Hall–Kier alpha value is -5.66. The third kappa shape index (κ3) is 5.91. The number of hydrogen-bond acceptors (Lipinski definition) is 7. The molecular formula is C28H21F3N8O3. The average Bonchev–Trinajstić information content (AvgIpc) is 3.40. The fraction of sp³-hybridized carbons (Fsp3) is 0.107. The van der Waals surface area contributed by atoms with E-state index in [1.54, 1.807) is 38.2 Å². The predicted octanol–water partition coefficient (Wildman–Crippen LogP) is 5.67. The lowest BCUT2D eigenvalue weighted by Crippen LogP contribution is -2.24. The number of pyridine rings is 1. The van der Waals surface area contributed by atoms with Crippen LogP contribution >= 0.6 is 0 Å². The summed E-state index contributed by atoms with van der Waals surface area (Å²) in [7, 11) is 0. The molecule has 11 nitrogen and oxygen atoms in total. The van der Waals surface area contributed by atoms with E-state index in [4.69, 9.17) is 0 Å². The van der Waals surface area contributed by atoms with Crippen LogP contribution in [-0.2, 0) is 6.18 Å². The summed E-state index contributed by atoms with van der Waals surface area (Å²) in [4.78, 5) is 37.7. The molecule has 0 bridgehead atoms. The number of nitrogens with one attached hydrogen (secondary N) is 1. The van der Waals surface area contributed by atoms with Gasteiger partial charge in [-0.15, -0.1) is 4.91 Å². The Morgan fingerprint density at radius 3 is 2.60 bits per heavy atom. The number of hydrogen-bond donors (Lipinski definition) is 1. The molecule has 14 heteroatoms. The van der Waals surface area contributed by atoms with Crippen LogP contribution in [0.25, 0.3) is 16.9 Å². The Labute approximate surface area is 236 Å². The summed E-state index contributed by atoms with van der Waals surface area (Å²) >= 11 is 0. The molecule has 0 saturated heterocycles. The molecule has 0 aliphatic rings. The van der Waals surface area contributed by atoms with Crippen LogP contribution in [0.2, 0.25) is 0 Å². The zero-order valence-corrected chi connectivity index (χ0v) is 22.1. The third-order valence-corrected chi connectivity index (χ3v) is 6.20. The van der Waals surface area contributed by atoms with E-state index in [0.29, 0.717) is 27.2 Å². The largest absolute Gasteiger partial charge is 0.619 e. The molecule has 1 N–H and O–H groups in total. The molecule has 1 amide bonds. The first-order valence-electron chi connectivity index (χ1n) is 12.3. The maximum absolute atomic E-state index is 13.7. The SMILES string of the molecule is Cc1cn(-c2cc(NC(=O)c3ccc(C)c(N(N=O)c4nccc(-c5ccc[n+]([O-])c5)n4)c3)cc(C(F)(F)F)c2)cn1. The predicted molar refractivity (Wildman–Crippen MR) is 147 cm³/mol. The highest BCUT2D eigenvalue weighted by Gasteiger charge is 2.31. The van der Waals surface area contributed by atoms with Crippen molar-refractivity contribution in [1.82, 2.24) is 19.5 Å². The number of carbonyl (C=O) groups is 1. The molecule has 5 aromatic rings. The highest BCUT2D eigenvalue weighted by Crippen LogP contribution is 2.34. The van der Waals surface area contributed by atoms with E-state index in [1.807, 2.05) is 0 Å². The average molecular weight is 575 g/mol. The summed E-state index contributed by atoms with van der Waals surface area (Å²) in [6, 6.07) is 12.3. The van der Waals surface area contributed by atoms with Crippen molar-refractivity contribution in [3.05, 3.63) is 118 Å². The highest BCUT2D eigenvalue weighted by molar-refractivity contribution is 6.05. The Kier molecular flexibility index (Phi) is 7.35. The maximum Gasteiger partial charge on any atom is 0.416 e. The van der Waals surface area contributed by atoms with Gasteiger partial charge < -0.3 is 15.1 Å². The lowest BCUT2D eigenvalue weighted by molar-refractivity contribution is -0.604. The molecule has 5 rings (SSSR count). The smallest absolute Gasteiger partial charge is 0.416 e. The van der Waals surface area contributed by atoms with Gasteiger partial charge in [0.1, 0.15) is 0 Å². The minimum atomic E-state index is -4.67. The Morgan fingerprint density at radius 2 is 1.90 bits per heavy atom. The van der Waals surface area contributed by atoms with E-state index in [1.165, 1.54) is 53.8 Å². The fourth-order valence-electron chi connectivity index (χ4n) is 4.15. The van der Waals surface area contributed by atoms with Crippen molar-refractivity contribution in [3.63, 3.8) is 0 Å². The number of carbonyl (C=O) groups excluding carboxylic acids is 1. The van der Waals surface area contributed by atoms with Crippen LogP contribution in [0.4, 0.5) is 30.5 Å². The number of alkyl halides is 3. The topological polar surface area (TPSA) is 132 Å². The summed E-state index contributed by atoms with van der Waals surface area (Å²) in [5, 5.41) is 18.1. The minimum absolute atomic E-state index is 0.0355. The van der Waals surface area contributed by atoms with Gasteiger partial charge in [0.2, 0.25) is 0 Å². The molecule has 0 fully saturated rings. The van der Waals surface area contributed by atoms with E-state index < -0.39 is 17.6 Å². The zero-order chi connectivity index (χ0) is 30.0. The second kappa shape index (κ2) is 11.1. The lowest BCUT2D eigenvalue weighted by atomic mass is 10.1. The van der Waals surface area contributed by atoms with Crippen LogP contribution < -0.4 is 15.1 Å². The van der Waals surface area contributed by atoms with Crippen LogP contribution in [0.3, 0.4) is 0 Å². The molecule has 0 aliphatic carbocycles. The van der Waals surface area contributed by atoms with Crippen molar-refractivity contribution in [1.29, 1.82) is 0 Å². The van der Waals surface area contributed by atoms with Gasteiger partial charge in [0.25, 0.3) is 11.9 Å². The molecule has 0 saturated carbocycles. The molecule has 3 heterocycles. The zero-order valence-electron chi connectivity index (χ0n) is 22.1. The van der Waals surface area contributed by atoms with Gasteiger partial charge in [-0.3, -0.25) is 4.79 Å². The van der Waals surface area contributed by atoms with Gasteiger partial charge in [-0.05, 0) is 61.9 Å². The number of amides is 1. The Bertz CT molecular complexity index is 1810. The molecular weight excluding hydrogens is 553 g/mol. The number of nitroso groups, excluding NO2 is 1. The van der Waals surface area contributed by atoms with Crippen molar-refractivity contribution in [2.45, 2.75) is 20.0 Å². The van der Waals surface area contributed by atoms with E-state index in [0.717, 1.165) is 17.1 Å². The molecule has 0 aliphatic heterocycles. The summed E-state index contributed by atoms with van der Waals surface area (Å²) in [5.74, 6) is -0.851. The van der Waals surface area contributed by atoms with Crippen LogP contribution in [0.15, 0.2) is 91.0 Å². The minimum Gasteiger partial charge on any atom is -0.619 e. The van der Waals surface area contributed by atoms with Crippen LogP contribution in [0, 0.1) is 24.0 Å². The summed E-state index contributed by atoms with van der Waals surface area (Å²) in [6.07, 6.45) is 2.26. The standard InChI is InChI=1S/C28H21F3N8O3/c1-17-5-6-19(10-25(17)39(36-41)27-32-8-7-24(35-27)20-4-3-9-38(42)15-20)26(40)34-22-11-21(28(29,30)31)12-23(13-22)37-14-18(2)33-16-37/h3-16H,1-2H3,(H,34,40). The van der Waals surface area contributed by atoms with E-state index in [2.05, 4.69) is 25.6 Å². The van der Waals surface area contributed by atoms with Gasteiger partial charge in [-0.25, -0.2) is 15.0 Å². The molecule has 0 atom stereocenters. The second-order valence-electron chi connectivity index (χ2n) is 9.23. The van der Waals surface area contributed by atoms with E-state index in [-0.39, 0.29) is 28.6 Å². The van der Waals surface area contributed by atoms with Gasteiger partial charge in [-0.2, -0.15) is 22.9 Å². The first-order chi connectivity index (χ1) is 20.0. The highest BCUT2D eigenvalue weighted by atomic mass is 19.4. The van der Waals surface area contributed by atoms with E-state index >= 15 is 0 Å². The first kappa shape index (κ1) is 27.9. The molecule has 0 radical (unpaired) electrons. The van der Waals surface area contributed by atoms with Gasteiger partial charge in [0, 0.05) is 35.4 Å². The van der Waals surface area contributed by atoms with Crippen LogP contribution in [-0.4, -0.2) is 25.4 Å². The molecule has 2 aromatic carbocycles. The Morgan fingerprint density at radius 1 is 1.10 bits per heavy atom. The van der Waals surface area contributed by atoms with Gasteiger partial charge in [0.15, 0.2) is 12.4 Å². The normalized spacial score (nSPS) is 11.3. The summed E-state index contributed by atoms with van der Waals surface area (Å²) < 4.78 is 43.0. The number of aromatic nitrogens is 5. The molecule has 0 unspecified atom stereocenters. The Balaban J connectivity index is 1.47. The number of rotatable bonds is 7. The van der Waals surface area contributed by atoms with Gasteiger partial charge >= 0.3 is 6.18 Å². The first-order valence-corrected chi connectivity index (χ1v) is 12.3. The van der Waals surface area contributed by atoms with Crippen molar-refractivity contribution >= 4 is 23.2 Å². The quantitative estimate of drug-likeness (QED) is 0.115. The fourth-order valence-corrected chi connectivity index (χ4v) is 4.15. The number of imidazole rings is 1. The van der Waals surface area contributed by atoms with Crippen LogP contribution in [0.5, 0.6) is 0 Å². The maximum atomic E-state index is 13.7. The van der Waals surface area contributed by atoms with E-state index in [9.17, 15) is 28.1 Å². The van der Waals surface area contributed by atoms with Crippen molar-refractivity contribution in [2.24, 2.45) is 5.29 Å². The lowest BCUT2D eigenvalue weighted by Gasteiger charge is -2.17. The number of benzene rings is 2. The monoisotopic (exact) mass is 574 g/mol. The van der Waals surface area contributed by atoms with Gasteiger partial charge in [-0.1, -0.05) is 6.07 Å². The molecule has 3 aromatic heterocycles. The van der Waals surface area contributed by atoms with Crippen LogP contribution in [0.1, 0.15) is 27.2 Å². The number of anilines is 3. The van der Waals surface area contributed by atoms with Crippen molar-refractivity contribution in [3.8, 4) is 16.9 Å². The number of nitrogens with zero attached hydrogens (tertiary/aromatic N) is 7. The molecule has 212 valence electrons. The second-order valence-corrected chi connectivity index (χ2v) is 9.23.